The number of nitrogens with zero attached hydrogens (tertiary/aromatic N) is 3. The lowest BCUT2D eigenvalue weighted by atomic mass is 10.3. The molecule has 3 heterocycles. The molecule has 0 atom stereocenters. The van der Waals surface area contributed by atoms with Gasteiger partial charge in [0.15, 0.2) is 0 Å². The fourth-order valence-corrected chi connectivity index (χ4v) is 3.45. The van der Waals surface area contributed by atoms with Crippen LogP contribution in [0.25, 0.3) is 15.5 Å². The second-order valence-electron chi connectivity index (χ2n) is 3.72. The van der Waals surface area contributed by atoms with Gasteiger partial charge in [0.2, 0.25) is 4.96 Å². The molecule has 17 heavy (non-hydrogen) atoms. The van der Waals surface area contributed by atoms with E-state index in [4.69, 9.17) is 5.73 Å². The van der Waals surface area contributed by atoms with Crippen molar-refractivity contribution in [3.8, 4) is 10.6 Å². The molecule has 3 aromatic heterocycles. The third-order valence-corrected chi connectivity index (χ3v) is 4.30. The molecular formula is C11H12N4S2. The number of hydrogen-bond donors (Lipinski definition) is 1. The van der Waals surface area contributed by atoms with Gasteiger partial charge in [-0.15, -0.1) is 32.9 Å². The molecule has 0 saturated heterocycles. The summed E-state index contributed by atoms with van der Waals surface area (Å²) in [5.41, 5.74) is 6.74. The molecule has 0 aliphatic heterocycles. The molecule has 88 valence electrons. The van der Waals surface area contributed by atoms with Crippen LogP contribution < -0.4 is 5.73 Å². The molecule has 0 aliphatic rings. The van der Waals surface area contributed by atoms with E-state index < -0.39 is 0 Å². The number of nitrogens with two attached hydrogens (primary N) is 1. The molecule has 0 unspecified atom stereocenters. The molecule has 0 aromatic carbocycles. The molecule has 0 radical (unpaired) electrons. The van der Waals surface area contributed by atoms with Gasteiger partial charge in [-0.25, -0.2) is 0 Å². The molecule has 6 heteroatoms. The van der Waals surface area contributed by atoms with Crippen LogP contribution in [0.15, 0.2) is 22.9 Å². The normalized spacial score (nSPS) is 11.4. The van der Waals surface area contributed by atoms with Crippen molar-refractivity contribution >= 4 is 27.6 Å². The number of thiazole rings is 1. The Bertz CT molecular complexity index is 609. The smallest absolute Gasteiger partial charge is 0.216 e. The predicted molar refractivity (Wildman–Crippen MR) is 71.6 cm³/mol. The average Bonchev–Trinajstić information content (AvgIpc) is 3.03. The van der Waals surface area contributed by atoms with Crippen molar-refractivity contribution in [2.24, 2.45) is 5.73 Å². The van der Waals surface area contributed by atoms with Crippen molar-refractivity contribution in [2.75, 3.05) is 6.54 Å². The van der Waals surface area contributed by atoms with Crippen LogP contribution in [0.3, 0.4) is 0 Å². The zero-order chi connectivity index (χ0) is 11.7. The van der Waals surface area contributed by atoms with E-state index in [0.29, 0.717) is 6.54 Å². The lowest BCUT2D eigenvalue weighted by molar-refractivity contribution is 0.772. The summed E-state index contributed by atoms with van der Waals surface area (Å²) in [6, 6.07) is 4.19. The highest BCUT2D eigenvalue weighted by Crippen LogP contribution is 2.29. The van der Waals surface area contributed by atoms with E-state index in [2.05, 4.69) is 37.5 Å². The number of fused-ring (bicyclic) bond motifs is 1. The summed E-state index contributed by atoms with van der Waals surface area (Å²) in [6.45, 7) is 0.688. The van der Waals surface area contributed by atoms with Crippen LogP contribution in [0.5, 0.6) is 0 Å². The molecule has 0 amide bonds. The van der Waals surface area contributed by atoms with Crippen LogP contribution in [0.4, 0.5) is 0 Å². The molecule has 0 fully saturated rings. The largest absolute Gasteiger partial charge is 0.330 e. The maximum absolute atomic E-state index is 5.54. The van der Waals surface area contributed by atoms with E-state index in [-0.39, 0.29) is 0 Å². The fraction of sp³-hybridized carbons (Fsp3) is 0.273. The Morgan fingerprint density at radius 2 is 2.24 bits per heavy atom. The third-order valence-electron chi connectivity index (χ3n) is 2.60. The molecule has 2 N–H and O–H groups in total. The summed E-state index contributed by atoms with van der Waals surface area (Å²) >= 11 is 3.37. The van der Waals surface area contributed by atoms with Crippen molar-refractivity contribution in [1.29, 1.82) is 0 Å². The Hall–Kier alpha value is -1.24. The molecular weight excluding hydrogens is 252 g/mol. The SMILES string of the molecule is NCCCc1nnc2scc(-c3cccs3)n12. The van der Waals surface area contributed by atoms with E-state index in [1.807, 2.05) is 0 Å². The standard InChI is InChI=1S/C11H12N4S2/c12-5-1-4-10-13-14-11-15(10)8(7-17-11)9-3-2-6-16-9/h2-3,6-7H,1,4-5,12H2. The Kier molecular flexibility index (Phi) is 2.92. The van der Waals surface area contributed by atoms with E-state index in [0.717, 1.165) is 23.6 Å². The van der Waals surface area contributed by atoms with Gasteiger partial charge in [-0.1, -0.05) is 6.07 Å². The van der Waals surface area contributed by atoms with Crippen LogP contribution in [-0.2, 0) is 6.42 Å². The van der Waals surface area contributed by atoms with Crippen molar-refractivity contribution in [3.05, 3.63) is 28.7 Å². The first-order valence-corrected chi connectivity index (χ1v) is 7.21. The highest BCUT2D eigenvalue weighted by molar-refractivity contribution is 7.16. The molecule has 3 rings (SSSR count). The summed E-state index contributed by atoms with van der Waals surface area (Å²) < 4.78 is 2.14. The Labute approximate surface area is 107 Å². The number of rotatable bonds is 4. The molecule has 3 aromatic rings. The lowest BCUT2D eigenvalue weighted by Gasteiger charge is -1.99. The third kappa shape index (κ3) is 1.88. The highest BCUT2D eigenvalue weighted by Gasteiger charge is 2.13. The summed E-state index contributed by atoms with van der Waals surface area (Å²) in [5, 5.41) is 12.7. The second kappa shape index (κ2) is 4.56. The summed E-state index contributed by atoms with van der Waals surface area (Å²) in [6.07, 6.45) is 1.83. The van der Waals surface area contributed by atoms with Crippen molar-refractivity contribution in [2.45, 2.75) is 12.8 Å². The number of aryl methyl sites for hydroxylation is 1. The van der Waals surface area contributed by atoms with Gasteiger partial charge in [-0.3, -0.25) is 4.40 Å². The molecule has 0 aliphatic carbocycles. The van der Waals surface area contributed by atoms with E-state index in [1.165, 1.54) is 10.6 Å². The minimum Gasteiger partial charge on any atom is -0.330 e. The second-order valence-corrected chi connectivity index (χ2v) is 5.51. The van der Waals surface area contributed by atoms with E-state index >= 15 is 0 Å². The first-order chi connectivity index (χ1) is 8.40. The molecule has 4 nitrogen and oxygen atoms in total. The van der Waals surface area contributed by atoms with Gasteiger partial charge in [0.05, 0.1) is 10.6 Å². The summed E-state index contributed by atoms with van der Waals surface area (Å²) in [7, 11) is 0. The van der Waals surface area contributed by atoms with Gasteiger partial charge in [-0.2, -0.15) is 0 Å². The maximum Gasteiger partial charge on any atom is 0.216 e. The summed E-state index contributed by atoms with van der Waals surface area (Å²) in [4.78, 5) is 2.21. The van der Waals surface area contributed by atoms with Crippen molar-refractivity contribution in [3.63, 3.8) is 0 Å². The van der Waals surface area contributed by atoms with Crippen LogP contribution in [0.1, 0.15) is 12.2 Å². The number of hydrogen-bond acceptors (Lipinski definition) is 5. The number of aromatic nitrogens is 3. The monoisotopic (exact) mass is 264 g/mol. The first-order valence-electron chi connectivity index (χ1n) is 5.45. The number of thiophene rings is 1. The fourth-order valence-electron chi connectivity index (χ4n) is 1.79. The van der Waals surface area contributed by atoms with Gasteiger partial charge < -0.3 is 5.73 Å². The molecule has 0 spiro atoms. The maximum atomic E-state index is 5.54. The van der Waals surface area contributed by atoms with E-state index in [9.17, 15) is 0 Å². The Balaban J connectivity index is 2.09. The van der Waals surface area contributed by atoms with Gasteiger partial charge in [0.1, 0.15) is 5.82 Å². The minimum atomic E-state index is 0.688. The van der Waals surface area contributed by atoms with Gasteiger partial charge in [-0.05, 0) is 24.4 Å². The molecule has 0 bridgehead atoms. The highest BCUT2D eigenvalue weighted by atomic mass is 32.1. The predicted octanol–water partition coefficient (Wildman–Crippen LogP) is 2.41. The van der Waals surface area contributed by atoms with Gasteiger partial charge in [0.25, 0.3) is 0 Å². The molecule has 0 saturated carbocycles. The first kappa shape index (κ1) is 10.9. The zero-order valence-corrected chi connectivity index (χ0v) is 10.8. The Morgan fingerprint density at radius 3 is 3.00 bits per heavy atom. The van der Waals surface area contributed by atoms with E-state index in [1.54, 1.807) is 22.7 Å². The zero-order valence-electron chi connectivity index (χ0n) is 9.17. The van der Waals surface area contributed by atoms with Crippen molar-refractivity contribution in [1.82, 2.24) is 14.6 Å². The van der Waals surface area contributed by atoms with Crippen molar-refractivity contribution < 1.29 is 0 Å². The minimum absolute atomic E-state index is 0.688. The van der Waals surface area contributed by atoms with Crippen LogP contribution in [0, 0.1) is 0 Å². The quantitative estimate of drug-likeness (QED) is 0.787. The summed E-state index contributed by atoms with van der Waals surface area (Å²) in [5.74, 6) is 1.01. The average molecular weight is 264 g/mol. The van der Waals surface area contributed by atoms with Crippen LogP contribution >= 0.6 is 22.7 Å². The topological polar surface area (TPSA) is 56.2 Å². The lowest BCUT2D eigenvalue weighted by Crippen LogP contribution is -2.03. The van der Waals surface area contributed by atoms with Crippen LogP contribution in [-0.4, -0.2) is 21.1 Å². The Morgan fingerprint density at radius 1 is 1.29 bits per heavy atom. The van der Waals surface area contributed by atoms with Crippen LogP contribution in [0.2, 0.25) is 0 Å². The van der Waals surface area contributed by atoms with Gasteiger partial charge >= 0.3 is 0 Å². The van der Waals surface area contributed by atoms with Gasteiger partial charge in [0, 0.05) is 11.8 Å².